The highest BCUT2D eigenvalue weighted by atomic mass is 32.2. The van der Waals surface area contributed by atoms with Crippen LogP contribution in [0, 0.1) is 6.92 Å². The lowest BCUT2D eigenvalue weighted by atomic mass is 10.0. The molecule has 0 aliphatic carbocycles. The zero-order valence-electron chi connectivity index (χ0n) is 22.3. The average molecular weight is 573 g/mol. The maximum absolute atomic E-state index is 14.0. The minimum Gasteiger partial charge on any atom is -0.485 e. The number of aromatic nitrogens is 2. The molecule has 8 nitrogen and oxygen atoms in total. The Morgan fingerprint density at radius 3 is 2.62 bits per heavy atom. The zero-order chi connectivity index (χ0) is 28.3. The second-order valence-electron chi connectivity index (χ2n) is 9.75. The number of amides is 1. The van der Waals surface area contributed by atoms with E-state index in [1.165, 1.54) is 30.2 Å². The first-order valence-corrected chi connectivity index (χ1v) is 14.0. The molecule has 2 N–H and O–H groups in total. The van der Waals surface area contributed by atoms with Crippen LogP contribution in [0.15, 0.2) is 52.6 Å². The Labute approximate surface area is 235 Å². The normalized spacial score (nSPS) is 16.1. The fourth-order valence-electron chi connectivity index (χ4n) is 4.73. The van der Waals surface area contributed by atoms with Crippen LogP contribution in [0.2, 0.25) is 0 Å². The highest BCUT2D eigenvalue weighted by molar-refractivity contribution is 7.99. The summed E-state index contributed by atoms with van der Waals surface area (Å²) in [6.45, 7) is 9.40. The molecular weight excluding hydrogens is 541 g/mol. The lowest BCUT2D eigenvalue weighted by Crippen LogP contribution is -2.45. The number of benzene rings is 2. The lowest BCUT2D eigenvalue weighted by Gasteiger charge is -2.34. The van der Waals surface area contributed by atoms with Crippen molar-refractivity contribution in [1.29, 1.82) is 0 Å². The van der Waals surface area contributed by atoms with Crippen molar-refractivity contribution in [3.05, 3.63) is 65.0 Å². The van der Waals surface area contributed by atoms with Crippen molar-refractivity contribution >= 4 is 29.2 Å². The van der Waals surface area contributed by atoms with E-state index in [-0.39, 0.29) is 17.8 Å². The summed E-state index contributed by atoms with van der Waals surface area (Å²) in [7, 11) is 0. The minimum atomic E-state index is -4.54. The van der Waals surface area contributed by atoms with Crippen LogP contribution in [0.1, 0.15) is 34.0 Å². The number of carbonyl (C=O) groups excluding carboxylic acids is 1. The van der Waals surface area contributed by atoms with Crippen LogP contribution in [0.4, 0.5) is 24.7 Å². The molecule has 0 saturated carbocycles. The van der Waals surface area contributed by atoms with Crippen LogP contribution in [0.5, 0.6) is 5.75 Å². The third kappa shape index (κ3) is 6.51. The quantitative estimate of drug-likeness (QED) is 0.377. The Kier molecular flexibility index (Phi) is 8.48. The van der Waals surface area contributed by atoms with E-state index < -0.39 is 17.6 Å². The van der Waals surface area contributed by atoms with Gasteiger partial charge in [0.05, 0.1) is 12.1 Å². The van der Waals surface area contributed by atoms with E-state index in [4.69, 9.17) is 4.74 Å². The molecule has 12 heteroatoms. The van der Waals surface area contributed by atoms with Crippen LogP contribution in [0.25, 0.3) is 0 Å². The van der Waals surface area contributed by atoms with Gasteiger partial charge in [0, 0.05) is 48.9 Å². The highest BCUT2D eigenvalue weighted by Gasteiger charge is 2.34. The predicted molar refractivity (Wildman–Crippen MR) is 148 cm³/mol. The van der Waals surface area contributed by atoms with E-state index in [1.807, 2.05) is 11.8 Å². The van der Waals surface area contributed by atoms with Crippen molar-refractivity contribution < 1.29 is 22.7 Å². The molecule has 1 fully saturated rings. The fourth-order valence-corrected chi connectivity index (χ4v) is 5.70. The molecule has 1 aromatic heterocycles. The van der Waals surface area contributed by atoms with Crippen molar-refractivity contribution in [2.75, 3.05) is 56.5 Å². The third-order valence-electron chi connectivity index (χ3n) is 7.05. The van der Waals surface area contributed by atoms with Crippen molar-refractivity contribution in [3.8, 4) is 5.75 Å². The van der Waals surface area contributed by atoms with Gasteiger partial charge in [0.1, 0.15) is 18.0 Å². The summed E-state index contributed by atoms with van der Waals surface area (Å²) in [6.07, 6.45) is -3.09. The van der Waals surface area contributed by atoms with Gasteiger partial charge >= 0.3 is 6.18 Å². The molecule has 212 valence electrons. The molecule has 0 unspecified atom stereocenters. The minimum absolute atomic E-state index is 0.0935. The largest absolute Gasteiger partial charge is 0.485 e. The number of halogens is 3. The van der Waals surface area contributed by atoms with Gasteiger partial charge < -0.3 is 20.3 Å². The van der Waals surface area contributed by atoms with Crippen molar-refractivity contribution in [1.82, 2.24) is 19.8 Å². The van der Waals surface area contributed by atoms with Gasteiger partial charge in [-0.3, -0.25) is 9.69 Å². The lowest BCUT2D eigenvalue weighted by molar-refractivity contribution is -0.138. The molecule has 2 aromatic carbocycles. The average Bonchev–Trinajstić information content (AvgIpc) is 2.95. The van der Waals surface area contributed by atoms with Gasteiger partial charge in [-0.15, -0.1) is 0 Å². The number of ether oxygens (including phenoxy) is 1. The molecule has 2 aliphatic heterocycles. The number of alkyl halides is 3. The maximum atomic E-state index is 14.0. The molecule has 0 spiro atoms. The third-order valence-corrected chi connectivity index (χ3v) is 8.19. The number of nitrogens with one attached hydrogen (secondary N) is 2. The number of piperazine rings is 1. The van der Waals surface area contributed by atoms with E-state index in [9.17, 15) is 18.0 Å². The van der Waals surface area contributed by atoms with Crippen molar-refractivity contribution in [2.24, 2.45) is 0 Å². The topological polar surface area (TPSA) is 82.6 Å². The Balaban J connectivity index is 1.32. The number of rotatable bonds is 7. The summed E-state index contributed by atoms with van der Waals surface area (Å²) < 4.78 is 47.8. The number of aryl methyl sites for hydroxylation is 1. The summed E-state index contributed by atoms with van der Waals surface area (Å²) in [5.74, 6) is 0.670. The van der Waals surface area contributed by atoms with Gasteiger partial charge in [0.2, 0.25) is 0 Å². The number of carbonyl (C=O) groups is 1. The first-order valence-electron chi connectivity index (χ1n) is 13.2. The Hall–Kier alpha value is -3.35. The highest BCUT2D eigenvalue weighted by Crippen LogP contribution is 2.39. The summed E-state index contributed by atoms with van der Waals surface area (Å²) in [5, 5.41) is 6.43. The summed E-state index contributed by atoms with van der Waals surface area (Å²) >= 11 is 1.34. The molecule has 5 rings (SSSR count). The number of anilines is 2. The van der Waals surface area contributed by atoms with E-state index in [0.717, 1.165) is 49.2 Å². The van der Waals surface area contributed by atoms with Crippen molar-refractivity contribution in [2.45, 2.75) is 36.5 Å². The van der Waals surface area contributed by atoms with Gasteiger partial charge in [0.15, 0.2) is 11.6 Å². The number of hydrogen-bond acceptors (Lipinski definition) is 8. The van der Waals surface area contributed by atoms with Crippen LogP contribution < -0.4 is 15.4 Å². The number of fused-ring (bicyclic) bond motifs is 1. The Bertz CT molecular complexity index is 1380. The molecule has 0 radical (unpaired) electrons. The van der Waals surface area contributed by atoms with Crippen LogP contribution >= 0.6 is 11.8 Å². The Morgan fingerprint density at radius 1 is 1.10 bits per heavy atom. The number of likely N-dealkylation sites (N-methyl/N-ethyl adjacent to an activating group) is 1. The summed E-state index contributed by atoms with van der Waals surface area (Å²) in [6, 6.07) is 9.18. The second kappa shape index (κ2) is 12.0. The zero-order valence-corrected chi connectivity index (χ0v) is 23.2. The first kappa shape index (κ1) is 28.2. The number of nitrogens with zero attached hydrogens (tertiary/aromatic N) is 4. The van der Waals surface area contributed by atoms with E-state index in [0.29, 0.717) is 35.3 Å². The number of hydrogen-bond donors (Lipinski definition) is 2. The second-order valence-corrected chi connectivity index (χ2v) is 10.8. The van der Waals surface area contributed by atoms with Crippen LogP contribution in [-0.2, 0) is 12.7 Å². The summed E-state index contributed by atoms with van der Waals surface area (Å²) in [5.41, 5.74) is 0.804. The molecule has 3 heterocycles. The molecule has 0 atom stereocenters. The first-order chi connectivity index (χ1) is 19.2. The van der Waals surface area contributed by atoms with E-state index >= 15 is 0 Å². The SMILES string of the molecule is CCN1CCN(Cc2ccc(NC(=O)c3ccc(C)c(Sc4ncnc5c4OCCN5)c3)cc2C(F)(F)F)CC1. The molecule has 2 aliphatic rings. The van der Waals surface area contributed by atoms with Crippen LogP contribution in [0.3, 0.4) is 0 Å². The van der Waals surface area contributed by atoms with E-state index in [1.54, 1.807) is 18.2 Å². The van der Waals surface area contributed by atoms with E-state index in [2.05, 4.69) is 32.4 Å². The molecule has 1 saturated heterocycles. The molecule has 3 aromatic rings. The molecule has 40 heavy (non-hydrogen) atoms. The fraction of sp³-hybridized carbons (Fsp3) is 0.393. The maximum Gasteiger partial charge on any atom is 0.416 e. The van der Waals surface area contributed by atoms with Crippen molar-refractivity contribution in [3.63, 3.8) is 0 Å². The van der Waals surface area contributed by atoms with Gasteiger partial charge in [-0.2, -0.15) is 13.2 Å². The van der Waals surface area contributed by atoms with Gasteiger partial charge in [-0.25, -0.2) is 9.97 Å². The predicted octanol–water partition coefficient (Wildman–Crippen LogP) is 5.15. The van der Waals surface area contributed by atoms with Crippen LogP contribution in [-0.4, -0.2) is 71.6 Å². The van der Waals surface area contributed by atoms with Gasteiger partial charge in [-0.05, 0) is 48.9 Å². The standard InChI is InChI=1S/C28H31F3N6O2S/c1-3-36-9-11-37(12-10-36)16-20-6-7-21(15-22(20)28(29,30)31)35-26(38)19-5-4-18(2)23(14-19)40-27-24-25(33-17-34-27)32-8-13-39-24/h4-7,14-15,17H,3,8-13,16H2,1-2H3,(H,35,38)(H,32,33,34). The summed E-state index contributed by atoms with van der Waals surface area (Å²) in [4.78, 5) is 26.7. The molecular formula is C28H31F3N6O2S. The van der Waals surface area contributed by atoms with Gasteiger partial charge in [0.25, 0.3) is 5.91 Å². The monoisotopic (exact) mass is 572 g/mol. The smallest absolute Gasteiger partial charge is 0.416 e. The molecule has 1 amide bonds. The Morgan fingerprint density at radius 2 is 1.88 bits per heavy atom. The van der Waals surface area contributed by atoms with Gasteiger partial charge in [-0.1, -0.05) is 30.8 Å². The molecule has 0 bridgehead atoms.